The summed E-state index contributed by atoms with van der Waals surface area (Å²) in [5, 5.41) is 2.44. The highest BCUT2D eigenvalue weighted by Crippen LogP contribution is 2.32. The second-order valence-corrected chi connectivity index (χ2v) is 4.94. The molecule has 1 aromatic carbocycles. The lowest BCUT2D eigenvalue weighted by molar-refractivity contribution is -0.136. The zero-order chi connectivity index (χ0) is 15.2. The number of fused-ring (bicyclic) bond motifs is 1. The van der Waals surface area contributed by atoms with Crippen LogP contribution in [-0.2, 0) is 6.18 Å². The van der Waals surface area contributed by atoms with Crippen LogP contribution in [0.5, 0.6) is 0 Å². The molecule has 2 heterocycles. The highest BCUT2D eigenvalue weighted by molar-refractivity contribution is 5.81. The van der Waals surface area contributed by atoms with Gasteiger partial charge in [0.2, 0.25) is 0 Å². The monoisotopic (exact) mass is 299 g/mol. The Morgan fingerprint density at radius 3 is 2.62 bits per heavy atom. The molecule has 1 saturated heterocycles. The lowest BCUT2D eigenvalue weighted by atomic mass is 10.1. The van der Waals surface area contributed by atoms with Gasteiger partial charge < -0.3 is 4.98 Å². The van der Waals surface area contributed by atoms with Gasteiger partial charge in [-0.2, -0.15) is 13.2 Å². The van der Waals surface area contributed by atoms with E-state index >= 15 is 0 Å². The number of H-pyrrole nitrogens is 1. The van der Waals surface area contributed by atoms with E-state index in [0.717, 1.165) is 17.1 Å². The highest BCUT2D eigenvalue weighted by Gasteiger charge is 2.34. The Balaban J connectivity index is 2.37. The number of alkyl halides is 3. The van der Waals surface area contributed by atoms with E-state index in [2.05, 4.69) is 10.3 Å². The fraction of sp³-hybridized carbons (Fsp3) is 0.385. The van der Waals surface area contributed by atoms with E-state index < -0.39 is 34.5 Å². The third-order valence-electron chi connectivity index (χ3n) is 3.61. The van der Waals surface area contributed by atoms with E-state index in [1.165, 1.54) is 12.1 Å². The quantitative estimate of drug-likeness (QED) is 0.840. The van der Waals surface area contributed by atoms with Crippen molar-refractivity contribution >= 4 is 10.9 Å². The van der Waals surface area contributed by atoms with Crippen molar-refractivity contribution in [1.82, 2.24) is 14.9 Å². The van der Waals surface area contributed by atoms with Crippen LogP contribution in [-0.4, -0.2) is 16.1 Å². The molecule has 21 heavy (non-hydrogen) atoms. The average Bonchev–Trinajstić information content (AvgIpc) is 2.90. The van der Waals surface area contributed by atoms with Gasteiger partial charge in [0.15, 0.2) is 0 Å². The Bertz CT molecular complexity index is 801. The summed E-state index contributed by atoms with van der Waals surface area (Å²) >= 11 is 0. The van der Waals surface area contributed by atoms with Crippen LogP contribution < -0.4 is 16.6 Å². The fourth-order valence-electron chi connectivity index (χ4n) is 2.68. The van der Waals surface area contributed by atoms with E-state index in [1.54, 1.807) is 0 Å². The molecule has 0 amide bonds. The molecule has 8 heteroatoms. The Hall–Kier alpha value is -2.09. The summed E-state index contributed by atoms with van der Waals surface area (Å²) in [5.41, 5.74) is -2.76. The molecule has 0 aliphatic carbocycles. The van der Waals surface area contributed by atoms with Crippen molar-refractivity contribution in [2.45, 2.75) is 25.2 Å². The standard InChI is InChI=1S/C13H12F3N3O2/c14-13(15,16)7-3-1-4-8-10(7)11(20)19(12(21)18-8)9-5-2-6-17-9/h1,3-4,9,17H,2,5-6H2,(H,18,21). The minimum Gasteiger partial charge on any atom is -0.307 e. The second kappa shape index (κ2) is 4.73. The molecule has 2 N–H and O–H groups in total. The van der Waals surface area contributed by atoms with Crippen molar-refractivity contribution in [3.63, 3.8) is 0 Å². The molecular formula is C13H12F3N3O2. The van der Waals surface area contributed by atoms with Gasteiger partial charge in [0.05, 0.1) is 22.6 Å². The Morgan fingerprint density at radius 1 is 1.24 bits per heavy atom. The van der Waals surface area contributed by atoms with Gasteiger partial charge in [-0.15, -0.1) is 0 Å². The normalized spacial score (nSPS) is 19.3. The smallest absolute Gasteiger partial charge is 0.307 e. The SMILES string of the molecule is O=c1[nH]c2cccc(C(F)(F)F)c2c(=O)n1C1CCCN1. The molecule has 0 radical (unpaired) electrons. The first-order valence-electron chi connectivity index (χ1n) is 6.48. The zero-order valence-electron chi connectivity index (χ0n) is 10.8. The van der Waals surface area contributed by atoms with Crippen LogP contribution in [0, 0.1) is 0 Å². The van der Waals surface area contributed by atoms with Crippen molar-refractivity contribution in [2.24, 2.45) is 0 Å². The van der Waals surface area contributed by atoms with Gasteiger partial charge in [0, 0.05) is 0 Å². The molecule has 112 valence electrons. The third-order valence-corrected chi connectivity index (χ3v) is 3.61. The summed E-state index contributed by atoms with van der Waals surface area (Å²) in [6.07, 6.45) is -3.93. The van der Waals surface area contributed by atoms with Crippen LogP contribution in [0.3, 0.4) is 0 Å². The lowest BCUT2D eigenvalue weighted by Gasteiger charge is -2.15. The predicted octanol–water partition coefficient (Wildman–Crippen LogP) is 1.59. The van der Waals surface area contributed by atoms with Crippen molar-refractivity contribution in [1.29, 1.82) is 0 Å². The van der Waals surface area contributed by atoms with Crippen LogP contribution in [0.15, 0.2) is 27.8 Å². The summed E-state index contributed by atoms with van der Waals surface area (Å²) < 4.78 is 40.0. The molecule has 0 spiro atoms. The molecule has 5 nitrogen and oxygen atoms in total. The van der Waals surface area contributed by atoms with Crippen LogP contribution in [0.4, 0.5) is 13.2 Å². The van der Waals surface area contributed by atoms with Crippen molar-refractivity contribution in [3.8, 4) is 0 Å². The van der Waals surface area contributed by atoms with Gasteiger partial charge >= 0.3 is 11.9 Å². The number of benzene rings is 1. The van der Waals surface area contributed by atoms with Gasteiger partial charge in [-0.25, -0.2) is 9.36 Å². The minimum atomic E-state index is -4.65. The number of hydrogen-bond donors (Lipinski definition) is 2. The molecule has 1 atom stereocenters. The maximum atomic E-state index is 13.1. The largest absolute Gasteiger partial charge is 0.417 e. The zero-order valence-corrected chi connectivity index (χ0v) is 10.8. The number of aromatic nitrogens is 2. The summed E-state index contributed by atoms with van der Waals surface area (Å²) in [6.45, 7) is 0.621. The Kier molecular flexibility index (Phi) is 3.12. The molecule has 0 bridgehead atoms. The molecule has 1 fully saturated rings. The minimum absolute atomic E-state index is 0.103. The molecule has 1 aliphatic heterocycles. The average molecular weight is 299 g/mol. The highest BCUT2D eigenvalue weighted by atomic mass is 19.4. The topological polar surface area (TPSA) is 66.9 Å². The Labute approximate surface area is 116 Å². The van der Waals surface area contributed by atoms with Crippen LogP contribution >= 0.6 is 0 Å². The maximum Gasteiger partial charge on any atom is 0.417 e. The van der Waals surface area contributed by atoms with Crippen LogP contribution in [0.2, 0.25) is 0 Å². The Morgan fingerprint density at radius 2 is 2.00 bits per heavy atom. The van der Waals surface area contributed by atoms with E-state index in [9.17, 15) is 22.8 Å². The summed E-state index contributed by atoms with van der Waals surface area (Å²) in [7, 11) is 0. The molecule has 1 aromatic heterocycles. The number of rotatable bonds is 1. The summed E-state index contributed by atoms with van der Waals surface area (Å²) in [6, 6.07) is 3.30. The lowest BCUT2D eigenvalue weighted by Crippen LogP contribution is -2.41. The van der Waals surface area contributed by atoms with Gasteiger partial charge in [0.1, 0.15) is 0 Å². The van der Waals surface area contributed by atoms with Gasteiger partial charge in [-0.3, -0.25) is 10.1 Å². The molecular weight excluding hydrogens is 287 g/mol. The fourth-order valence-corrected chi connectivity index (χ4v) is 2.68. The second-order valence-electron chi connectivity index (χ2n) is 4.94. The number of hydrogen-bond acceptors (Lipinski definition) is 3. The molecule has 1 unspecified atom stereocenters. The first-order chi connectivity index (χ1) is 9.89. The summed E-state index contributed by atoms with van der Waals surface area (Å²) in [5.74, 6) is 0. The number of nitrogens with one attached hydrogen (secondary N) is 2. The first kappa shape index (κ1) is 13.9. The van der Waals surface area contributed by atoms with E-state index in [1.807, 2.05) is 0 Å². The molecule has 3 rings (SSSR count). The first-order valence-corrected chi connectivity index (χ1v) is 6.48. The third kappa shape index (κ3) is 2.25. The molecule has 1 aliphatic rings. The van der Waals surface area contributed by atoms with E-state index in [4.69, 9.17) is 0 Å². The van der Waals surface area contributed by atoms with Crippen LogP contribution in [0.1, 0.15) is 24.6 Å². The van der Waals surface area contributed by atoms with Crippen LogP contribution in [0.25, 0.3) is 10.9 Å². The van der Waals surface area contributed by atoms with E-state index in [0.29, 0.717) is 13.0 Å². The maximum absolute atomic E-state index is 13.1. The number of aromatic amines is 1. The van der Waals surface area contributed by atoms with Crippen molar-refractivity contribution in [2.75, 3.05) is 6.54 Å². The van der Waals surface area contributed by atoms with Gasteiger partial charge in [0.25, 0.3) is 5.56 Å². The number of nitrogens with zero attached hydrogens (tertiary/aromatic N) is 1. The van der Waals surface area contributed by atoms with Gasteiger partial charge in [-0.1, -0.05) is 6.07 Å². The number of halogens is 3. The summed E-state index contributed by atoms with van der Waals surface area (Å²) in [4.78, 5) is 26.8. The predicted molar refractivity (Wildman–Crippen MR) is 70.1 cm³/mol. The van der Waals surface area contributed by atoms with Gasteiger partial charge in [-0.05, 0) is 31.5 Å². The van der Waals surface area contributed by atoms with Crippen molar-refractivity contribution < 1.29 is 13.2 Å². The van der Waals surface area contributed by atoms with Crippen molar-refractivity contribution in [3.05, 3.63) is 44.6 Å². The molecule has 2 aromatic rings. The van der Waals surface area contributed by atoms with E-state index in [-0.39, 0.29) is 5.52 Å². The molecule has 0 saturated carbocycles.